The van der Waals surface area contributed by atoms with Crippen LogP contribution in [0, 0.1) is 5.82 Å². The van der Waals surface area contributed by atoms with E-state index < -0.39 is 35.7 Å². The molecule has 1 unspecified atom stereocenters. The smallest absolute Gasteiger partial charge is 0.319 e. The number of anilines is 1. The minimum absolute atomic E-state index is 0.417. The molecule has 3 rings (SSSR count). The molecule has 7 nitrogen and oxygen atoms in total. The van der Waals surface area contributed by atoms with Crippen LogP contribution in [0.25, 0.3) is 0 Å². The van der Waals surface area contributed by atoms with Crippen LogP contribution in [0.15, 0.2) is 30.5 Å². The second-order valence-corrected chi connectivity index (χ2v) is 7.10. The SMILES string of the molecule is CCc1cnc(NC(=O)CN2C(=O)NC(C)(c3ccc(F)cc3)C2=O)s1. The number of benzene rings is 1. The maximum Gasteiger partial charge on any atom is 0.325 e. The van der Waals surface area contributed by atoms with Crippen molar-refractivity contribution in [3.8, 4) is 0 Å². The van der Waals surface area contributed by atoms with Crippen molar-refractivity contribution in [2.75, 3.05) is 11.9 Å². The number of imide groups is 1. The Morgan fingerprint density at radius 1 is 1.35 bits per heavy atom. The molecule has 2 aromatic rings. The molecule has 1 aliphatic heterocycles. The summed E-state index contributed by atoms with van der Waals surface area (Å²) < 4.78 is 13.1. The molecule has 1 aromatic carbocycles. The van der Waals surface area contributed by atoms with Gasteiger partial charge in [0.05, 0.1) is 0 Å². The number of carbonyl (C=O) groups is 3. The van der Waals surface area contributed by atoms with Crippen molar-refractivity contribution < 1.29 is 18.8 Å². The Balaban J connectivity index is 1.72. The Bertz CT molecular complexity index is 867. The molecular weight excluding hydrogens is 359 g/mol. The first-order valence-electron chi connectivity index (χ1n) is 7.98. The van der Waals surface area contributed by atoms with Crippen molar-refractivity contribution >= 4 is 34.3 Å². The molecule has 1 aromatic heterocycles. The number of amides is 4. The van der Waals surface area contributed by atoms with E-state index in [-0.39, 0.29) is 0 Å². The predicted octanol–water partition coefficient (Wildman–Crippen LogP) is 2.25. The van der Waals surface area contributed by atoms with E-state index in [1.807, 2.05) is 6.92 Å². The Kier molecular flexibility index (Phi) is 4.73. The number of urea groups is 1. The summed E-state index contributed by atoms with van der Waals surface area (Å²) >= 11 is 1.34. The Hall–Kier alpha value is -2.81. The van der Waals surface area contributed by atoms with Gasteiger partial charge in [0.1, 0.15) is 17.9 Å². The molecule has 0 bridgehead atoms. The largest absolute Gasteiger partial charge is 0.325 e. The molecule has 26 heavy (non-hydrogen) atoms. The summed E-state index contributed by atoms with van der Waals surface area (Å²) in [6.07, 6.45) is 2.47. The molecule has 0 spiro atoms. The van der Waals surface area contributed by atoms with E-state index in [1.54, 1.807) is 6.20 Å². The first-order valence-corrected chi connectivity index (χ1v) is 8.80. The van der Waals surface area contributed by atoms with E-state index >= 15 is 0 Å². The molecule has 1 aliphatic rings. The van der Waals surface area contributed by atoms with Crippen LogP contribution in [0.4, 0.5) is 14.3 Å². The standard InChI is InChI=1S/C17H17FN4O3S/c1-3-12-8-19-15(26-12)20-13(23)9-22-14(24)17(2,21-16(22)25)10-4-6-11(18)7-5-10/h4-8H,3,9H2,1-2H3,(H,21,25)(H,19,20,23). The maximum absolute atomic E-state index is 13.1. The molecule has 0 saturated carbocycles. The van der Waals surface area contributed by atoms with Crippen LogP contribution >= 0.6 is 11.3 Å². The van der Waals surface area contributed by atoms with Gasteiger partial charge >= 0.3 is 6.03 Å². The molecule has 1 saturated heterocycles. The number of hydrogen-bond acceptors (Lipinski definition) is 5. The number of rotatable bonds is 5. The zero-order valence-corrected chi connectivity index (χ0v) is 15.0. The fraction of sp³-hybridized carbons (Fsp3) is 0.294. The minimum Gasteiger partial charge on any atom is -0.319 e. The van der Waals surface area contributed by atoms with Crippen LogP contribution in [0.3, 0.4) is 0 Å². The van der Waals surface area contributed by atoms with Crippen LogP contribution in [0.5, 0.6) is 0 Å². The summed E-state index contributed by atoms with van der Waals surface area (Å²) in [6.45, 7) is 3.07. The number of hydrogen-bond donors (Lipinski definition) is 2. The third-order valence-corrected chi connectivity index (χ3v) is 5.20. The average molecular weight is 376 g/mol. The topological polar surface area (TPSA) is 91.4 Å². The first-order chi connectivity index (χ1) is 12.3. The second-order valence-electron chi connectivity index (χ2n) is 5.99. The van der Waals surface area contributed by atoms with Crippen LogP contribution in [-0.4, -0.2) is 34.3 Å². The van der Waals surface area contributed by atoms with E-state index in [9.17, 15) is 18.8 Å². The molecule has 9 heteroatoms. The van der Waals surface area contributed by atoms with Crippen molar-refractivity contribution in [1.82, 2.24) is 15.2 Å². The van der Waals surface area contributed by atoms with Gasteiger partial charge in [-0.05, 0) is 31.0 Å². The monoisotopic (exact) mass is 376 g/mol. The van der Waals surface area contributed by atoms with E-state index in [0.29, 0.717) is 10.7 Å². The van der Waals surface area contributed by atoms with Gasteiger partial charge in [-0.2, -0.15) is 0 Å². The Morgan fingerprint density at radius 2 is 2.04 bits per heavy atom. The fourth-order valence-corrected chi connectivity index (χ4v) is 3.42. The Morgan fingerprint density at radius 3 is 2.65 bits per heavy atom. The number of carbonyl (C=O) groups excluding carboxylic acids is 3. The highest BCUT2D eigenvalue weighted by Crippen LogP contribution is 2.29. The van der Waals surface area contributed by atoms with E-state index in [2.05, 4.69) is 15.6 Å². The van der Waals surface area contributed by atoms with Gasteiger partial charge in [-0.1, -0.05) is 19.1 Å². The number of nitrogens with one attached hydrogen (secondary N) is 2. The van der Waals surface area contributed by atoms with Gasteiger partial charge in [0.25, 0.3) is 5.91 Å². The van der Waals surface area contributed by atoms with E-state index in [0.717, 1.165) is 16.2 Å². The average Bonchev–Trinajstić information content (AvgIpc) is 3.14. The van der Waals surface area contributed by atoms with Crippen molar-refractivity contribution in [1.29, 1.82) is 0 Å². The number of halogens is 1. The highest BCUT2D eigenvalue weighted by Gasteiger charge is 2.49. The third-order valence-electron chi connectivity index (χ3n) is 4.15. The third kappa shape index (κ3) is 3.30. The summed E-state index contributed by atoms with van der Waals surface area (Å²) in [4.78, 5) is 43.0. The lowest BCUT2D eigenvalue weighted by Crippen LogP contribution is -2.42. The summed E-state index contributed by atoms with van der Waals surface area (Å²) in [5.41, 5.74) is -0.908. The van der Waals surface area contributed by atoms with Crippen molar-refractivity contribution in [2.24, 2.45) is 0 Å². The van der Waals surface area contributed by atoms with Crippen LogP contribution < -0.4 is 10.6 Å². The van der Waals surface area contributed by atoms with E-state index in [1.165, 1.54) is 42.5 Å². The molecular formula is C17H17FN4O3S. The Labute approximate surface area is 153 Å². The van der Waals surface area contributed by atoms with Gasteiger partial charge in [0.2, 0.25) is 5.91 Å². The van der Waals surface area contributed by atoms with Gasteiger partial charge in [-0.3, -0.25) is 14.5 Å². The summed E-state index contributed by atoms with van der Waals surface area (Å²) in [7, 11) is 0. The number of thiazole rings is 1. The van der Waals surface area contributed by atoms with Gasteiger partial charge < -0.3 is 10.6 Å². The summed E-state index contributed by atoms with van der Waals surface area (Å²) in [5, 5.41) is 5.57. The number of aryl methyl sites for hydroxylation is 1. The quantitative estimate of drug-likeness (QED) is 0.783. The number of aromatic nitrogens is 1. The highest BCUT2D eigenvalue weighted by molar-refractivity contribution is 7.15. The van der Waals surface area contributed by atoms with Gasteiger partial charge in [0.15, 0.2) is 5.13 Å². The zero-order chi connectivity index (χ0) is 18.9. The molecule has 2 heterocycles. The molecule has 2 N–H and O–H groups in total. The van der Waals surface area contributed by atoms with Crippen molar-refractivity contribution in [3.05, 3.63) is 46.7 Å². The predicted molar refractivity (Wildman–Crippen MR) is 94.1 cm³/mol. The molecule has 1 fully saturated rings. The summed E-state index contributed by atoms with van der Waals surface area (Å²) in [5.74, 6) is -1.54. The van der Waals surface area contributed by atoms with Crippen LogP contribution in [-0.2, 0) is 21.5 Å². The lowest BCUT2D eigenvalue weighted by molar-refractivity contribution is -0.133. The molecule has 1 atom stereocenters. The molecule has 136 valence electrons. The van der Waals surface area contributed by atoms with Crippen molar-refractivity contribution in [3.63, 3.8) is 0 Å². The first kappa shape index (κ1) is 18.0. The molecule has 4 amide bonds. The highest BCUT2D eigenvalue weighted by atomic mass is 32.1. The lowest BCUT2D eigenvalue weighted by Gasteiger charge is -2.22. The van der Waals surface area contributed by atoms with E-state index in [4.69, 9.17) is 0 Å². The summed E-state index contributed by atoms with van der Waals surface area (Å²) in [6, 6.07) is 4.61. The number of nitrogens with zero attached hydrogens (tertiary/aromatic N) is 2. The zero-order valence-electron chi connectivity index (χ0n) is 14.2. The fourth-order valence-electron chi connectivity index (χ4n) is 2.65. The lowest BCUT2D eigenvalue weighted by atomic mass is 9.92. The normalized spacial score (nSPS) is 19.6. The van der Waals surface area contributed by atoms with Gasteiger partial charge in [0, 0.05) is 11.1 Å². The van der Waals surface area contributed by atoms with Crippen molar-refractivity contribution in [2.45, 2.75) is 25.8 Å². The minimum atomic E-state index is -1.35. The van der Waals surface area contributed by atoms with Crippen LogP contribution in [0.1, 0.15) is 24.3 Å². The second kappa shape index (κ2) is 6.83. The molecule has 0 radical (unpaired) electrons. The molecule has 0 aliphatic carbocycles. The van der Waals surface area contributed by atoms with Gasteiger partial charge in [-0.25, -0.2) is 14.2 Å². The van der Waals surface area contributed by atoms with Crippen LogP contribution in [0.2, 0.25) is 0 Å². The van der Waals surface area contributed by atoms with Gasteiger partial charge in [-0.15, -0.1) is 11.3 Å². The maximum atomic E-state index is 13.1.